The molecule has 2 fully saturated rings. The molecule has 2 aliphatic rings. The number of hydrogen-bond acceptors (Lipinski definition) is 6. The van der Waals surface area contributed by atoms with Crippen molar-refractivity contribution in [2.75, 3.05) is 31.1 Å². The van der Waals surface area contributed by atoms with Gasteiger partial charge < -0.3 is 9.64 Å². The van der Waals surface area contributed by atoms with Gasteiger partial charge in [-0.2, -0.15) is 0 Å². The van der Waals surface area contributed by atoms with E-state index in [0.29, 0.717) is 0 Å². The highest BCUT2D eigenvalue weighted by atomic mass is 16.5. The first kappa shape index (κ1) is 17.2. The van der Waals surface area contributed by atoms with Gasteiger partial charge in [-0.25, -0.2) is 4.98 Å². The van der Waals surface area contributed by atoms with Crippen molar-refractivity contribution >= 4 is 5.82 Å². The van der Waals surface area contributed by atoms with Crippen LogP contribution in [0.5, 0.6) is 5.75 Å². The van der Waals surface area contributed by atoms with Gasteiger partial charge >= 0.3 is 0 Å². The fourth-order valence-corrected chi connectivity index (χ4v) is 3.83. The van der Waals surface area contributed by atoms with Gasteiger partial charge in [-0.3, -0.25) is 14.9 Å². The first-order chi connectivity index (χ1) is 12.7. The molecule has 2 saturated heterocycles. The highest BCUT2D eigenvalue weighted by Crippen LogP contribution is 2.31. The molecular formula is C20H27N5O. The number of likely N-dealkylation sites (tertiary alicyclic amines) is 1. The van der Waals surface area contributed by atoms with Crippen LogP contribution in [0.1, 0.15) is 43.6 Å². The smallest absolute Gasteiger partial charge is 0.171 e. The minimum atomic E-state index is 0.196. The molecule has 2 aliphatic heterocycles. The Bertz CT molecular complexity index is 729. The molecule has 0 amide bonds. The quantitative estimate of drug-likeness (QED) is 0.824. The number of aromatic nitrogens is 3. The molecule has 0 saturated carbocycles. The Kier molecular flexibility index (Phi) is 5.02. The van der Waals surface area contributed by atoms with Gasteiger partial charge in [-0.05, 0) is 45.2 Å². The Morgan fingerprint density at radius 1 is 1.12 bits per heavy atom. The van der Waals surface area contributed by atoms with Crippen LogP contribution in [0.15, 0.2) is 30.7 Å². The normalized spacial score (nSPS) is 21.9. The number of anilines is 1. The standard InChI is InChI=1S/C20H27N5O/c1-15-12-23-18(13-22-15)16(2)25-11-7-17(14-25)26-19-6-5-8-21-20(19)24-9-3-4-10-24/h5-6,8,12-13,16-17H,3-4,7,9-11,14H2,1-2H3. The highest BCUT2D eigenvalue weighted by Gasteiger charge is 2.30. The third kappa shape index (κ3) is 3.65. The maximum atomic E-state index is 6.37. The maximum absolute atomic E-state index is 6.37. The van der Waals surface area contributed by atoms with E-state index in [0.717, 1.165) is 55.6 Å². The Hall–Kier alpha value is -2.21. The zero-order valence-corrected chi connectivity index (χ0v) is 15.6. The van der Waals surface area contributed by atoms with E-state index in [1.54, 1.807) is 0 Å². The molecule has 2 aromatic rings. The average Bonchev–Trinajstić information content (AvgIpc) is 3.34. The van der Waals surface area contributed by atoms with E-state index in [4.69, 9.17) is 4.74 Å². The van der Waals surface area contributed by atoms with Crippen molar-refractivity contribution < 1.29 is 4.74 Å². The third-order valence-corrected chi connectivity index (χ3v) is 5.40. The van der Waals surface area contributed by atoms with Crippen molar-refractivity contribution in [3.63, 3.8) is 0 Å². The predicted molar refractivity (Wildman–Crippen MR) is 101 cm³/mol. The summed E-state index contributed by atoms with van der Waals surface area (Å²) in [5.74, 6) is 1.92. The number of nitrogens with zero attached hydrogens (tertiary/aromatic N) is 5. The van der Waals surface area contributed by atoms with Crippen LogP contribution in [0.2, 0.25) is 0 Å². The first-order valence-electron chi connectivity index (χ1n) is 9.60. The summed E-state index contributed by atoms with van der Waals surface area (Å²) in [7, 11) is 0. The van der Waals surface area contributed by atoms with Crippen molar-refractivity contribution in [1.29, 1.82) is 0 Å². The molecule has 6 heteroatoms. The van der Waals surface area contributed by atoms with Crippen LogP contribution in [-0.4, -0.2) is 52.1 Å². The Morgan fingerprint density at radius 2 is 1.96 bits per heavy atom. The maximum Gasteiger partial charge on any atom is 0.171 e. The van der Waals surface area contributed by atoms with Gasteiger partial charge in [0.1, 0.15) is 6.10 Å². The lowest BCUT2D eigenvalue weighted by molar-refractivity contribution is 0.181. The molecule has 26 heavy (non-hydrogen) atoms. The monoisotopic (exact) mass is 353 g/mol. The van der Waals surface area contributed by atoms with Crippen LogP contribution in [-0.2, 0) is 0 Å². The van der Waals surface area contributed by atoms with E-state index in [2.05, 4.69) is 37.7 Å². The van der Waals surface area contributed by atoms with Crippen LogP contribution < -0.4 is 9.64 Å². The van der Waals surface area contributed by atoms with Gasteiger partial charge in [0.15, 0.2) is 11.6 Å². The fourth-order valence-electron chi connectivity index (χ4n) is 3.83. The average molecular weight is 353 g/mol. The molecule has 4 rings (SSSR count). The lowest BCUT2D eigenvalue weighted by atomic mass is 10.2. The molecule has 0 bridgehead atoms. The molecule has 0 spiro atoms. The van der Waals surface area contributed by atoms with Crippen LogP contribution in [0, 0.1) is 6.92 Å². The molecule has 138 valence electrons. The van der Waals surface area contributed by atoms with Crippen molar-refractivity contribution in [2.45, 2.75) is 45.3 Å². The molecule has 0 aliphatic carbocycles. The molecule has 2 unspecified atom stereocenters. The van der Waals surface area contributed by atoms with Crippen LogP contribution >= 0.6 is 0 Å². The summed E-state index contributed by atoms with van der Waals surface area (Å²) < 4.78 is 6.37. The van der Waals surface area contributed by atoms with Crippen molar-refractivity contribution in [3.8, 4) is 5.75 Å². The first-order valence-corrected chi connectivity index (χ1v) is 9.60. The summed E-state index contributed by atoms with van der Waals surface area (Å²) in [6.45, 7) is 8.24. The van der Waals surface area contributed by atoms with Gasteiger partial charge in [0.2, 0.25) is 0 Å². The zero-order chi connectivity index (χ0) is 17.9. The van der Waals surface area contributed by atoms with E-state index >= 15 is 0 Å². The van der Waals surface area contributed by atoms with Gasteiger partial charge in [0.25, 0.3) is 0 Å². The lowest BCUT2D eigenvalue weighted by Gasteiger charge is -2.24. The second kappa shape index (κ2) is 7.58. The van der Waals surface area contributed by atoms with E-state index < -0.39 is 0 Å². The minimum absolute atomic E-state index is 0.196. The molecule has 2 atom stereocenters. The van der Waals surface area contributed by atoms with Gasteiger partial charge in [0, 0.05) is 38.6 Å². The van der Waals surface area contributed by atoms with Gasteiger partial charge in [-0.15, -0.1) is 0 Å². The topological polar surface area (TPSA) is 54.4 Å². The largest absolute Gasteiger partial charge is 0.485 e. The van der Waals surface area contributed by atoms with E-state index in [1.807, 2.05) is 31.6 Å². The van der Waals surface area contributed by atoms with Crippen molar-refractivity contribution in [2.24, 2.45) is 0 Å². The van der Waals surface area contributed by atoms with Crippen LogP contribution in [0.4, 0.5) is 5.82 Å². The summed E-state index contributed by atoms with van der Waals surface area (Å²) in [5.41, 5.74) is 1.98. The molecule has 6 nitrogen and oxygen atoms in total. The molecule has 2 aromatic heterocycles. The molecule has 0 N–H and O–H groups in total. The number of ether oxygens (including phenoxy) is 1. The summed E-state index contributed by atoms with van der Waals surface area (Å²) in [4.78, 5) is 18.3. The summed E-state index contributed by atoms with van der Waals surface area (Å²) in [5, 5.41) is 0. The molecular weight excluding hydrogens is 326 g/mol. The predicted octanol–water partition coefficient (Wildman–Crippen LogP) is 2.99. The Labute approximate surface area is 155 Å². The van der Waals surface area contributed by atoms with Crippen molar-refractivity contribution in [1.82, 2.24) is 19.9 Å². The molecule has 4 heterocycles. The summed E-state index contributed by atoms with van der Waals surface area (Å²) >= 11 is 0. The zero-order valence-electron chi connectivity index (χ0n) is 15.6. The van der Waals surface area contributed by atoms with Gasteiger partial charge in [0.05, 0.1) is 23.6 Å². The lowest BCUT2D eigenvalue weighted by Crippen LogP contribution is -2.28. The van der Waals surface area contributed by atoms with Crippen LogP contribution in [0.3, 0.4) is 0 Å². The second-order valence-electron chi connectivity index (χ2n) is 7.30. The van der Waals surface area contributed by atoms with Crippen LogP contribution in [0.25, 0.3) is 0 Å². The number of aryl methyl sites for hydroxylation is 1. The minimum Gasteiger partial charge on any atom is -0.485 e. The van der Waals surface area contributed by atoms with Crippen molar-refractivity contribution in [3.05, 3.63) is 42.1 Å². The SMILES string of the molecule is Cc1cnc(C(C)N2CCC(Oc3cccnc3N3CCCC3)C2)cn1. The summed E-state index contributed by atoms with van der Waals surface area (Å²) in [6, 6.07) is 4.27. The number of rotatable bonds is 5. The van der Waals surface area contributed by atoms with E-state index in [9.17, 15) is 0 Å². The highest BCUT2D eigenvalue weighted by molar-refractivity contribution is 5.52. The number of hydrogen-bond donors (Lipinski definition) is 0. The molecule has 0 aromatic carbocycles. The Morgan fingerprint density at radius 3 is 2.73 bits per heavy atom. The fraction of sp³-hybridized carbons (Fsp3) is 0.550. The van der Waals surface area contributed by atoms with Gasteiger partial charge in [-0.1, -0.05) is 0 Å². The molecule has 0 radical (unpaired) electrons. The summed E-state index contributed by atoms with van der Waals surface area (Å²) in [6.07, 6.45) is 9.29. The Balaban J connectivity index is 1.41. The third-order valence-electron chi connectivity index (χ3n) is 5.40. The number of pyridine rings is 1. The van der Waals surface area contributed by atoms with E-state index in [1.165, 1.54) is 12.8 Å². The van der Waals surface area contributed by atoms with E-state index in [-0.39, 0.29) is 12.1 Å². The second-order valence-corrected chi connectivity index (χ2v) is 7.30.